The Bertz CT molecular complexity index is 554. The molecule has 1 unspecified atom stereocenters. The number of nitrogens with one attached hydrogen (secondary N) is 1. The van der Waals surface area contributed by atoms with Gasteiger partial charge >= 0.3 is 0 Å². The number of carbonyl (C=O) groups excluding carboxylic acids is 1. The third-order valence-electron chi connectivity index (χ3n) is 4.01. The molecule has 1 heterocycles. The molecule has 0 saturated heterocycles. The number of hydrogen-bond acceptors (Lipinski definition) is 3. The van der Waals surface area contributed by atoms with Gasteiger partial charge < -0.3 is 10.4 Å². The van der Waals surface area contributed by atoms with E-state index in [-0.39, 0.29) is 29.6 Å². The van der Waals surface area contributed by atoms with E-state index in [9.17, 15) is 18.7 Å². The Hall–Kier alpha value is -1.50. The van der Waals surface area contributed by atoms with Crippen molar-refractivity contribution in [3.63, 3.8) is 0 Å². The molecule has 1 aromatic heterocycles. The smallest absolute Gasteiger partial charge is 0.280 e. The highest BCUT2D eigenvalue weighted by Crippen LogP contribution is 2.26. The largest absolute Gasteiger partial charge is 0.392 e. The van der Waals surface area contributed by atoms with Crippen LogP contribution in [0.5, 0.6) is 0 Å². The molecule has 24 heavy (non-hydrogen) atoms. The van der Waals surface area contributed by atoms with Crippen LogP contribution in [0.4, 0.5) is 8.78 Å². The van der Waals surface area contributed by atoms with Gasteiger partial charge in [0.05, 0.1) is 17.9 Å². The number of rotatable bonds is 8. The van der Waals surface area contributed by atoms with Crippen molar-refractivity contribution >= 4 is 5.91 Å². The molecule has 0 aliphatic rings. The first-order valence-electron chi connectivity index (χ1n) is 8.27. The summed E-state index contributed by atoms with van der Waals surface area (Å²) in [5.41, 5.74) is -1.04. The molecule has 1 aromatic rings. The highest BCUT2D eigenvalue weighted by molar-refractivity contribution is 5.95. The molecule has 1 amide bonds. The zero-order chi connectivity index (χ0) is 18.7. The van der Waals surface area contributed by atoms with Crippen LogP contribution < -0.4 is 5.32 Å². The lowest BCUT2D eigenvalue weighted by Gasteiger charge is -2.33. The molecule has 0 fully saturated rings. The number of hydrogen-bond donors (Lipinski definition) is 2. The van der Waals surface area contributed by atoms with Crippen molar-refractivity contribution in [2.45, 2.75) is 60.6 Å². The van der Waals surface area contributed by atoms with Gasteiger partial charge in [0, 0.05) is 18.5 Å². The first-order chi connectivity index (χ1) is 11.0. The number of aliphatic hydroxyl groups is 1. The van der Waals surface area contributed by atoms with Gasteiger partial charge in [0.1, 0.15) is 5.69 Å². The van der Waals surface area contributed by atoms with Crippen LogP contribution in [0.1, 0.15) is 64.0 Å². The zero-order valence-corrected chi connectivity index (χ0v) is 15.3. The molecule has 5 nitrogen and oxygen atoms in total. The monoisotopic (exact) mass is 345 g/mol. The second-order valence-corrected chi connectivity index (χ2v) is 7.68. The lowest BCUT2D eigenvalue weighted by Crippen LogP contribution is -2.43. The van der Waals surface area contributed by atoms with Crippen LogP contribution in [0.2, 0.25) is 0 Å². The zero-order valence-electron chi connectivity index (χ0n) is 15.3. The first kappa shape index (κ1) is 20.5. The quantitative estimate of drug-likeness (QED) is 0.760. The summed E-state index contributed by atoms with van der Waals surface area (Å²) in [6.07, 6.45) is -2.21. The van der Waals surface area contributed by atoms with Crippen LogP contribution in [0.25, 0.3) is 0 Å². The lowest BCUT2D eigenvalue weighted by molar-refractivity contribution is 0.0137. The van der Waals surface area contributed by atoms with Crippen molar-refractivity contribution in [3.05, 3.63) is 17.5 Å². The van der Waals surface area contributed by atoms with Gasteiger partial charge in [0.2, 0.25) is 0 Å². The summed E-state index contributed by atoms with van der Waals surface area (Å²) in [6, 6.07) is 0. The van der Waals surface area contributed by atoms with Crippen molar-refractivity contribution < 1.29 is 18.7 Å². The Labute approximate surface area is 142 Å². The van der Waals surface area contributed by atoms with Crippen LogP contribution in [-0.2, 0) is 6.54 Å². The molecule has 1 atom stereocenters. The van der Waals surface area contributed by atoms with Crippen molar-refractivity contribution in [1.82, 2.24) is 15.1 Å². The molecule has 0 saturated carbocycles. The fourth-order valence-corrected chi connectivity index (χ4v) is 2.70. The molecule has 0 aliphatic carbocycles. The molecule has 7 heteroatoms. The third kappa shape index (κ3) is 5.00. The minimum atomic E-state index is -2.78. The van der Waals surface area contributed by atoms with Gasteiger partial charge in [0.25, 0.3) is 12.3 Å². The molecule has 1 rings (SSSR count). The summed E-state index contributed by atoms with van der Waals surface area (Å²) in [5.74, 6) is -0.426. The summed E-state index contributed by atoms with van der Waals surface area (Å²) < 4.78 is 27.9. The van der Waals surface area contributed by atoms with Gasteiger partial charge in [-0.15, -0.1) is 0 Å². The first-order valence-corrected chi connectivity index (χ1v) is 8.27. The van der Waals surface area contributed by atoms with Crippen molar-refractivity contribution in [3.8, 4) is 0 Å². The molecule has 0 aliphatic heterocycles. The van der Waals surface area contributed by atoms with E-state index in [1.54, 1.807) is 0 Å². The van der Waals surface area contributed by atoms with E-state index in [1.165, 1.54) is 10.9 Å². The van der Waals surface area contributed by atoms with E-state index in [0.29, 0.717) is 6.54 Å². The van der Waals surface area contributed by atoms with Crippen LogP contribution in [-0.4, -0.2) is 33.4 Å². The third-order valence-corrected chi connectivity index (χ3v) is 4.01. The van der Waals surface area contributed by atoms with Crippen LogP contribution >= 0.6 is 0 Å². The number of carbonyl (C=O) groups is 1. The summed E-state index contributed by atoms with van der Waals surface area (Å²) in [7, 11) is 0. The molecule has 138 valence electrons. The number of nitrogens with zero attached hydrogens (tertiary/aromatic N) is 2. The number of amides is 1. The number of aromatic nitrogens is 2. The van der Waals surface area contributed by atoms with Crippen molar-refractivity contribution in [2.24, 2.45) is 17.3 Å². The predicted octanol–water partition coefficient (Wildman–Crippen LogP) is 3.25. The molecular formula is C17H29F2N3O2. The average Bonchev–Trinajstić information content (AvgIpc) is 2.86. The fraction of sp³-hybridized carbons (Fsp3) is 0.765. The maximum atomic E-state index is 13.4. The molecular weight excluding hydrogens is 316 g/mol. The Kier molecular flexibility index (Phi) is 6.89. The normalized spacial score (nSPS) is 13.8. The van der Waals surface area contributed by atoms with Crippen molar-refractivity contribution in [2.75, 3.05) is 6.54 Å². The van der Waals surface area contributed by atoms with Crippen molar-refractivity contribution in [1.29, 1.82) is 0 Å². The molecule has 2 N–H and O–H groups in total. The Morgan fingerprint density at radius 2 is 1.92 bits per heavy atom. The minimum absolute atomic E-state index is 0.0299. The van der Waals surface area contributed by atoms with E-state index in [0.717, 1.165) is 0 Å². The topological polar surface area (TPSA) is 67.2 Å². The maximum absolute atomic E-state index is 13.4. The molecule has 0 bridgehead atoms. The molecule has 0 radical (unpaired) electrons. The van der Waals surface area contributed by atoms with Crippen LogP contribution in [0.15, 0.2) is 6.20 Å². The van der Waals surface area contributed by atoms with E-state index in [4.69, 9.17) is 0 Å². The summed E-state index contributed by atoms with van der Waals surface area (Å²) in [6.45, 7) is 11.7. The number of halogens is 2. The predicted molar refractivity (Wildman–Crippen MR) is 89.0 cm³/mol. The average molecular weight is 345 g/mol. The Morgan fingerprint density at radius 1 is 1.33 bits per heavy atom. The standard InChI is InChI=1S/C17H29F2N3O2/c1-10(2)8-22-13(15(18)19)12(7-21-22)16(24)20-9-17(5,6)14(23)11(3)4/h7,10-11,14-15,23H,8-9H2,1-6H3,(H,20,24). The highest BCUT2D eigenvalue weighted by atomic mass is 19.3. The highest BCUT2D eigenvalue weighted by Gasteiger charge is 2.32. The second-order valence-electron chi connectivity index (χ2n) is 7.68. The maximum Gasteiger partial charge on any atom is 0.280 e. The SMILES string of the molecule is CC(C)Cn1ncc(C(=O)NCC(C)(C)C(O)C(C)C)c1C(F)F. The lowest BCUT2D eigenvalue weighted by atomic mass is 9.80. The van der Waals surface area contributed by atoms with Gasteiger partial charge in [-0.25, -0.2) is 8.78 Å². The molecule has 0 aromatic carbocycles. The summed E-state index contributed by atoms with van der Waals surface area (Å²) in [5, 5.41) is 16.8. The van der Waals surface area contributed by atoms with E-state index in [1.807, 2.05) is 41.5 Å². The van der Waals surface area contributed by atoms with Gasteiger partial charge in [0.15, 0.2) is 0 Å². The van der Waals surface area contributed by atoms with E-state index >= 15 is 0 Å². The summed E-state index contributed by atoms with van der Waals surface area (Å²) in [4.78, 5) is 12.3. The van der Waals surface area contributed by atoms with Gasteiger partial charge in [-0.2, -0.15) is 5.10 Å². The number of alkyl halides is 2. The summed E-state index contributed by atoms with van der Waals surface area (Å²) >= 11 is 0. The van der Waals surface area contributed by atoms with Gasteiger partial charge in [-0.05, 0) is 11.8 Å². The van der Waals surface area contributed by atoms with Gasteiger partial charge in [-0.1, -0.05) is 41.5 Å². The van der Waals surface area contributed by atoms with Gasteiger partial charge in [-0.3, -0.25) is 9.48 Å². The van der Waals surface area contributed by atoms with E-state index in [2.05, 4.69) is 10.4 Å². The Balaban J connectivity index is 2.90. The van der Waals surface area contributed by atoms with Crippen LogP contribution in [0.3, 0.4) is 0 Å². The number of aliphatic hydroxyl groups excluding tert-OH is 1. The Morgan fingerprint density at radius 3 is 2.38 bits per heavy atom. The minimum Gasteiger partial charge on any atom is -0.392 e. The molecule has 0 spiro atoms. The van der Waals surface area contributed by atoms with Crippen LogP contribution in [0, 0.1) is 17.3 Å². The fourth-order valence-electron chi connectivity index (χ4n) is 2.70. The second kappa shape index (κ2) is 8.05. The van der Waals surface area contributed by atoms with E-state index < -0.39 is 23.9 Å².